The van der Waals surface area contributed by atoms with Crippen LogP contribution in [0, 0.1) is 6.92 Å². The van der Waals surface area contributed by atoms with E-state index in [4.69, 9.17) is 4.74 Å². The second kappa shape index (κ2) is 6.20. The highest BCUT2D eigenvalue weighted by Crippen LogP contribution is 2.22. The second-order valence-corrected chi connectivity index (χ2v) is 4.19. The molecule has 0 bridgehead atoms. The summed E-state index contributed by atoms with van der Waals surface area (Å²) < 4.78 is 5.11. The molecule has 0 aliphatic heterocycles. The number of ether oxygens (including phenoxy) is 1. The molecule has 0 aliphatic carbocycles. The summed E-state index contributed by atoms with van der Waals surface area (Å²) in [7, 11) is 1.75. The Labute approximate surface area is 94.6 Å². The molecular formula is C12H17BrO. The quantitative estimate of drug-likeness (QED) is 0.733. The van der Waals surface area contributed by atoms with Gasteiger partial charge >= 0.3 is 0 Å². The van der Waals surface area contributed by atoms with Crippen LogP contribution in [0.15, 0.2) is 24.3 Å². The van der Waals surface area contributed by atoms with Crippen molar-refractivity contribution in [1.82, 2.24) is 0 Å². The van der Waals surface area contributed by atoms with Gasteiger partial charge in [0.1, 0.15) is 0 Å². The molecule has 78 valence electrons. The highest BCUT2D eigenvalue weighted by molar-refractivity contribution is 9.09. The Bertz CT molecular complexity index is 273. The van der Waals surface area contributed by atoms with Gasteiger partial charge in [0.25, 0.3) is 0 Å². The lowest BCUT2D eigenvalue weighted by atomic mass is 9.97. The van der Waals surface area contributed by atoms with Crippen LogP contribution in [-0.2, 0) is 4.74 Å². The minimum Gasteiger partial charge on any atom is -0.385 e. The van der Waals surface area contributed by atoms with Gasteiger partial charge in [-0.05, 0) is 24.8 Å². The lowest BCUT2D eigenvalue weighted by Gasteiger charge is -2.14. The van der Waals surface area contributed by atoms with E-state index in [9.17, 15) is 0 Å². The monoisotopic (exact) mass is 256 g/mol. The summed E-state index contributed by atoms with van der Waals surface area (Å²) in [6.45, 7) is 2.95. The van der Waals surface area contributed by atoms with Crippen molar-refractivity contribution in [3.05, 3.63) is 35.4 Å². The largest absolute Gasteiger partial charge is 0.385 e. The fourth-order valence-corrected chi connectivity index (χ4v) is 2.21. The van der Waals surface area contributed by atoms with Gasteiger partial charge in [0.15, 0.2) is 0 Å². The summed E-state index contributed by atoms with van der Waals surface area (Å²) in [5, 5.41) is 1.000. The Morgan fingerprint density at radius 1 is 1.43 bits per heavy atom. The van der Waals surface area contributed by atoms with E-state index < -0.39 is 0 Å². The van der Waals surface area contributed by atoms with Crippen molar-refractivity contribution in [2.24, 2.45) is 0 Å². The fourth-order valence-electron chi connectivity index (χ4n) is 1.52. The minimum atomic E-state index is 0.565. The van der Waals surface area contributed by atoms with Crippen LogP contribution in [0.2, 0.25) is 0 Å². The van der Waals surface area contributed by atoms with E-state index in [1.54, 1.807) is 7.11 Å². The lowest BCUT2D eigenvalue weighted by molar-refractivity contribution is 0.190. The van der Waals surface area contributed by atoms with E-state index in [1.807, 2.05) is 0 Å². The van der Waals surface area contributed by atoms with Crippen LogP contribution >= 0.6 is 15.9 Å². The van der Waals surface area contributed by atoms with Gasteiger partial charge in [0, 0.05) is 19.0 Å². The van der Waals surface area contributed by atoms with Crippen molar-refractivity contribution in [3.8, 4) is 0 Å². The molecule has 1 rings (SSSR count). The predicted octanol–water partition coefficient (Wildman–Crippen LogP) is 3.51. The summed E-state index contributed by atoms with van der Waals surface area (Å²) in [6.07, 6.45) is 1.07. The molecule has 0 radical (unpaired) electrons. The van der Waals surface area contributed by atoms with Crippen LogP contribution < -0.4 is 0 Å². The molecule has 0 aliphatic rings. The zero-order valence-corrected chi connectivity index (χ0v) is 10.4. The Kier molecular flexibility index (Phi) is 5.20. The SMILES string of the molecule is COCCC(CBr)c1cccc(C)c1. The summed E-state index contributed by atoms with van der Waals surface area (Å²) >= 11 is 3.55. The van der Waals surface area contributed by atoms with E-state index in [2.05, 4.69) is 47.1 Å². The third-order valence-electron chi connectivity index (χ3n) is 2.37. The Balaban J connectivity index is 2.68. The van der Waals surface area contributed by atoms with Crippen molar-refractivity contribution in [1.29, 1.82) is 0 Å². The van der Waals surface area contributed by atoms with Crippen molar-refractivity contribution >= 4 is 15.9 Å². The topological polar surface area (TPSA) is 9.23 Å². The van der Waals surface area contributed by atoms with Crippen LogP contribution in [0.4, 0.5) is 0 Å². The third-order valence-corrected chi connectivity index (χ3v) is 3.15. The second-order valence-electron chi connectivity index (χ2n) is 3.55. The average molecular weight is 257 g/mol. The molecule has 0 N–H and O–H groups in total. The minimum absolute atomic E-state index is 0.565. The van der Waals surface area contributed by atoms with Crippen LogP contribution in [0.25, 0.3) is 0 Å². The summed E-state index contributed by atoms with van der Waals surface area (Å²) in [5.74, 6) is 0.565. The number of aryl methyl sites for hydroxylation is 1. The van der Waals surface area contributed by atoms with Gasteiger partial charge in [-0.3, -0.25) is 0 Å². The number of benzene rings is 1. The van der Waals surface area contributed by atoms with Crippen molar-refractivity contribution in [3.63, 3.8) is 0 Å². The number of halogens is 1. The summed E-state index contributed by atoms with van der Waals surface area (Å²) in [4.78, 5) is 0. The number of alkyl halides is 1. The Hall–Kier alpha value is -0.340. The first-order valence-corrected chi connectivity index (χ1v) is 6.01. The Morgan fingerprint density at radius 3 is 2.79 bits per heavy atom. The standard InChI is InChI=1S/C12H17BrO/c1-10-4-3-5-11(8-10)12(9-13)6-7-14-2/h3-5,8,12H,6-7,9H2,1-2H3. The highest BCUT2D eigenvalue weighted by Gasteiger charge is 2.09. The van der Waals surface area contributed by atoms with Crippen LogP contribution in [0.5, 0.6) is 0 Å². The highest BCUT2D eigenvalue weighted by atomic mass is 79.9. The third kappa shape index (κ3) is 3.43. The molecule has 2 heteroatoms. The molecule has 0 saturated heterocycles. The Morgan fingerprint density at radius 2 is 2.21 bits per heavy atom. The van der Waals surface area contributed by atoms with Crippen LogP contribution in [0.3, 0.4) is 0 Å². The fraction of sp³-hybridized carbons (Fsp3) is 0.500. The van der Waals surface area contributed by atoms with Gasteiger partial charge in [0.05, 0.1) is 0 Å². The number of methoxy groups -OCH3 is 1. The van der Waals surface area contributed by atoms with Gasteiger partial charge in [-0.15, -0.1) is 0 Å². The molecular weight excluding hydrogens is 240 g/mol. The average Bonchev–Trinajstić information content (AvgIpc) is 2.19. The molecule has 0 heterocycles. The molecule has 0 saturated carbocycles. The zero-order chi connectivity index (χ0) is 10.4. The number of rotatable bonds is 5. The van der Waals surface area contributed by atoms with E-state index in [0.717, 1.165) is 18.4 Å². The molecule has 0 amide bonds. The zero-order valence-electron chi connectivity index (χ0n) is 8.79. The van der Waals surface area contributed by atoms with Gasteiger partial charge in [-0.2, -0.15) is 0 Å². The number of hydrogen-bond donors (Lipinski definition) is 0. The number of hydrogen-bond acceptors (Lipinski definition) is 1. The first kappa shape index (κ1) is 11.7. The molecule has 1 aromatic carbocycles. The van der Waals surface area contributed by atoms with E-state index in [1.165, 1.54) is 11.1 Å². The van der Waals surface area contributed by atoms with Crippen molar-refractivity contribution < 1.29 is 4.74 Å². The van der Waals surface area contributed by atoms with Gasteiger partial charge in [0.2, 0.25) is 0 Å². The van der Waals surface area contributed by atoms with Crippen LogP contribution in [0.1, 0.15) is 23.5 Å². The molecule has 0 aromatic heterocycles. The first-order valence-electron chi connectivity index (χ1n) is 4.89. The predicted molar refractivity (Wildman–Crippen MR) is 64.2 cm³/mol. The maximum absolute atomic E-state index is 5.11. The van der Waals surface area contributed by atoms with Crippen LogP contribution in [-0.4, -0.2) is 19.0 Å². The molecule has 1 unspecified atom stereocenters. The van der Waals surface area contributed by atoms with Gasteiger partial charge < -0.3 is 4.74 Å². The molecule has 0 spiro atoms. The van der Waals surface area contributed by atoms with Gasteiger partial charge in [-0.25, -0.2) is 0 Å². The van der Waals surface area contributed by atoms with E-state index in [-0.39, 0.29) is 0 Å². The van der Waals surface area contributed by atoms with Crippen molar-refractivity contribution in [2.45, 2.75) is 19.3 Å². The summed E-state index contributed by atoms with van der Waals surface area (Å²) in [5.41, 5.74) is 2.73. The summed E-state index contributed by atoms with van der Waals surface area (Å²) in [6, 6.07) is 8.69. The van der Waals surface area contributed by atoms with E-state index in [0.29, 0.717) is 5.92 Å². The maximum atomic E-state index is 5.11. The molecule has 1 nitrogen and oxygen atoms in total. The molecule has 1 aromatic rings. The van der Waals surface area contributed by atoms with Crippen molar-refractivity contribution in [2.75, 3.05) is 19.0 Å². The van der Waals surface area contributed by atoms with E-state index >= 15 is 0 Å². The molecule has 1 atom stereocenters. The molecule has 14 heavy (non-hydrogen) atoms. The smallest absolute Gasteiger partial charge is 0.0468 e. The van der Waals surface area contributed by atoms with Gasteiger partial charge in [-0.1, -0.05) is 45.8 Å². The normalized spacial score (nSPS) is 12.8. The first-order chi connectivity index (χ1) is 6.77. The lowest BCUT2D eigenvalue weighted by Crippen LogP contribution is -2.04. The maximum Gasteiger partial charge on any atom is 0.0468 e. The molecule has 0 fully saturated rings.